The van der Waals surface area contributed by atoms with Gasteiger partial charge in [-0.05, 0) is 19.4 Å². The van der Waals surface area contributed by atoms with Crippen LogP contribution in [0, 0.1) is 0 Å². The van der Waals surface area contributed by atoms with Crippen molar-refractivity contribution in [1.82, 2.24) is 10.3 Å². The molecule has 1 heterocycles. The van der Waals surface area contributed by atoms with Crippen LogP contribution in [0.2, 0.25) is 0 Å². The first-order valence-corrected chi connectivity index (χ1v) is 6.34. The number of rotatable bonds is 8. The van der Waals surface area contributed by atoms with E-state index in [2.05, 4.69) is 10.3 Å². The van der Waals surface area contributed by atoms with Crippen LogP contribution in [0.5, 0.6) is 0 Å². The third kappa shape index (κ3) is 6.40. The number of unbranched alkanes of at least 4 members (excludes halogenated alkanes) is 3. The van der Waals surface area contributed by atoms with Crippen molar-refractivity contribution in [2.75, 3.05) is 32.8 Å². The molecule has 0 aliphatic carbocycles. The Hall–Kier alpha value is -0.200. The predicted molar refractivity (Wildman–Crippen MR) is 65.6 cm³/mol. The Morgan fingerprint density at radius 3 is 2.50 bits per heavy atom. The molecular weight excluding hydrogens is 204 g/mol. The van der Waals surface area contributed by atoms with Gasteiger partial charge >= 0.3 is 0 Å². The van der Waals surface area contributed by atoms with Gasteiger partial charge in [0.1, 0.15) is 0 Å². The minimum absolute atomic E-state index is 0.0424. The van der Waals surface area contributed by atoms with E-state index in [0.29, 0.717) is 0 Å². The van der Waals surface area contributed by atoms with Crippen molar-refractivity contribution in [1.29, 1.82) is 0 Å². The van der Waals surface area contributed by atoms with Crippen LogP contribution in [-0.4, -0.2) is 43.9 Å². The Morgan fingerprint density at radius 2 is 1.81 bits per heavy atom. The molecule has 1 fully saturated rings. The molecule has 1 saturated heterocycles. The highest BCUT2D eigenvalue weighted by molar-refractivity contribution is 4.62. The summed E-state index contributed by atoms with van der Waals surface area (Å²) in [6, 6.07) is 0. The van der Waals surface area contributed by atoms with Crippen molar-refractivity contribution in [2.45, 2.75) is 38.3 Å². The van der Waals surface area contributed by atoms with Gasteiger partial charge in [-0.3, -0.25) is 10.7 Å². The Balaban J connectivity index is 1.84. The molecule has 1 aliphatic rings. The van der Waals surface area contributed by atoms with E-state index < -0.39 is 0 Å². The van der Waals surface area contributed by atoms with Crippen molar-refractivity contribution in [3.8, 4) is 0 Å². The summed E-state index contributed by atoms with van der Waals surface area (Å²) < 4.78 is 5.31. The molecule has 5 heteroatoms. The molecule has 96 valence electrons. The molecule has 0 spiro atoms. The molecule has 0 aromatic rings. The third-order valence-electron chi connectivity index (χ3n) is 3.06. The molecule has 5 nitrogen and oxygen atoms in total. The molecule has 0 aromatic heterocycles. The molecule has 0 saturated carbocycles. The van der Waals surface area contributed by atoms with Gasteiger partial charge in [0.15, 0.2) is 0 Å². The Morgan fingerprint density at radius 1 is 1.12 bits per heavy atom. The van der Waals surface area contributed by atoms with Crippen LogP contribution < -0.4 is 17.0 Å². The quantitative estimate of drug-likeness (QED) is 0.237. The van der Waals surface area contributed by atoms with Crippen molar-refractivity contribution in [3.63, 3.8) is 0 Å². The van der Waals surface area contributed by atoms with Crippen molar-refractivity contribution < 1.29 is 4.74 Å². The van der Waals surface area contributed by atoms with Crippen LogP contribution in [0.25, 0.3) is 0 Å². The highest BCUT2D eigenvalue weighted by atomic mass is 16.5. The monoisotopic (exact) mass is 230 g/mol. The average Bonchev–Trinajstić information content (AvgIpc) is 2.34. The van der Waals surface area contributed by atoms with Gasteiger partial charge in [-0.15, -0.1) is 0 Å². The standard InChI is InChI=1S/C11H26N4O/c12-11(14-13)5-3-1-2-4-6-15-7-9-16-10-8-15/h11,14H,1-10,12-13H2. The van der Waals surface area contributed by atoms with E-state index >= 15 is 0 Å². The molecule has 5 N–H and O–H groups in total. The van der Waals surface area contributed by atoms with E-state index in [-0.39, 0.29) is 6.17 Å². The van der Waals surface area contributed by atoms with Crippen LogP contribution in [-0.2, 0) is 4.74 Å². The summed E-state index contributed by atoms with van der Waals surface area (Å²) in [6.45, 7) is 5.21. The molecule has 16 heavy (non-hydrogen) atoms. The van der Waals surface area contributed by atoms with Gasteiger partial charge in [0.05, 0.1) is 19.4 Å². The highest BCUT2D eigenvalue weighted by Crippen LogP contribution is 2.06. The minimum Gasteiger partial charge on any atom is -0.379 e. The molecule has 0 radical (unpaired) electrons. The number of morpholine rings is 1. The predicted octanol–water partition coefficient (Wildman–Crippen LogP) is 0.0172. The van der Waals surface area contributed by atoms with E-state index in [0.717, 1.165) is 39.1 Å². The summed E-state index contributed by atoms with van der Waals surface area (Å²) in [5.74, 6) is 5.22. The summed E-state index contributed by atoms with van der Waals surface area (Å²) >= 11 is 0. The van der Waals surface area contributed by atoms with Gasteiger partial charge in [0.2, 0.25) is 0 Å². The summed E-state index contributed by atoms with van der Waals surface area (Å²) in [5, 5.41) is 0. The molecule has 0 bridgehead atoms. The number of nitrogens with one attached hydrogen (secondary N) is 1. The van der Waals surface area contributed by atoms with Crippen molar-refractivity contribution >= 4 is 0 Å². The fourth-order valence-corrected chi connectivity index (χ4v) is 1.96. The largest absolute Gasteiger partial charge is 0.379 e. The fourth-order valence-electron chi connectivity index (χ4n) is 1.96. The summed E-state index contributed by atoms with van der Waals surface area (Å²) in [6.07, 6.45) is 5.90. The maximum atomic E-state index is 5.65. The highest BCUT2D eigenvalue weighted by Gasteiger charge is 2.08. The zero-order chi connectivity index (χ0) is 11.6. The summed E-state index contributed by atoms with van der Waals surface area (Å²) in [4.78, 5) is 2.48. The van der Waals surface area contributed by atoms with Crippen LogP contribution in [0.3, 0.4) is 0 Å². The number of hydrogen-bond donors (Lipinski definition) is 3. The van der Waals surface area contributed by atoms with Gasteiger partial charge in [0.25, 0.3) is 0 Å². The second kappa shape index (κ2) is 8.90. The molecule has 1 aliphatic heterocycles. The van der Waals surface area contributed by atoms with E-state index in [1.54, 1.807) is 0 Å². The normalized spacial score (nSPS) is 19.9. The maximum absolute atomic E-state index is 5.65. The first-order chi connectivity index (χ1) is 7.83. The minimum atomic E-state index is -0.0424. The lowest BCUT2D eigenvalue weighted by atomic mass is 10.1. The van der Waals surface area contributed by atoms with Crippen LogP contribution in [0.4, 0.5) is 0 Å². The second-order valence-electron chi connectivity index (χ2n) is 4.43. The first-order valence-electron chi connectivity index (χ1n) is 6.34. The smallest absolute Gasteiger partial charge is 0.0676 e. The van der Waals surface area contributed by atoms with Crippen molar-refractivity contribution in [3.05, 3.63) is 0 Å². The SMILES string of the molecule is NNC(N)CCCCCCN1CCOCC1. The van der Waals surface area contributed by atoms with E-state index in [9.17, 15) is 0 Å². The second-order valence-corrected chi connectivity index (χ2v) is 4.43. The van der Waals surface area contributed by atoms with Gasteiger partial charge in [-0.2, -0.15) is 0 Å². The summed E-state index contributed by atoms with van der Waals surface area (Å²) in [5.41, 5.74) is 8.21. The lowest BCUT2D eigenvalue weighted by Crippen LogP contribution is -2.41. The lowest BCUT2D eigenvalue weighted by Gasteiger charge is -2.26. The molecule has 1 unspecified atom stereocenters. The van der Waals surface area contributed by atoms with Gasteiger partial charge in [-0.25, -0.2) is 5.43 Å². The van der Waals surface area contributed by atoms with Crippen LogP contribution in [0.15, 0.2) is 0 Å². The van der Waals surface area contributed by atoms with E-state index in [4.69, 9.17) is 16.3 Å². The van der Waals surface area contributed by atoms with E-state index in [1.165, 1.54) is 25.8 Å². The van der Waals surface area contributed by atoms with Gasteiger partial charge in [-0.1, -0.05) is 19.3 Å². The molecule has 1 rings (SSSR count). The average molecular weight is 230 g/mol. The lowest BCUT2D eigenvalue weighted by molar-refractivity contribution is 0.0371. The maximum Gasteiger partial charge on any atom is 0.0676 e. The first kappa shape index (κ1) is 13.9. The third-order valence-corrected chi connectivity index (χ3v) is 3.06. The van der Waals surface area contributed by atoms with Gasteiger partial charge < -0.3 is 10.5 Å². The zero-order valence-electron chi connectivity index (χ0n) is 10.2. The molecule has 0 amide bonds. The zero-order valence-corrected chi connectivity index (χ0v) is 10.2. The number of nitrogens with two attached hydrogens (primary N) is 2. The van der Waals surface area contributed by atoms with Crippen molar-refractivity contribution in [2.24, 2.45) is 11.6 Å². The summed E-state index contributed by atoms with van der Waals surface area (Å²) in [7, 11) is 0. The number of ether oxygens (including phenoxy) is 1. The Labute approximate surface area is 98.5 Å². The number of nitrogens with zero attached hydrogens (tertiary/aromatic N) is 1. The topological polar surface area (TPSA) is 76.5 Å². The van der Waals surface area contributed by atoms with Crippen LogP contribution in [0.1, 0.15) is 32.1 Å². The molecule has 1 atom stereocenters. The number of hydrazine groups is 1. The Kier molecular flexibility index (Phi) is 7.71. The Bertz CT molecular complexity index is 162. The van der Waals surface area contributed by atoms with Crippen LogP contribution >= 0.6 is 0 Å². The van der Waals surface area contributed by atoms with Gasteiger partial charge in [0, 0.05) is 13.1 Å². The molecule has 0 aromatic carbocycles. The fraction of sp³-hybridized carbons (Fsp3) is 1.00. The number of hydrogen-bond acceptors (Lipinski definition) is 5. The molecular formula is C11H26N4O. The van der Waals surface area contributed by atoms with E-state index in [1.807, 2.05) is 0 Å².